The molecule has 1 aliphatic heterocycles. The Morgan fingerprint density at radius 1 is 1.45 bits per heavy atom. The van der Waals surface area contributed by atoms with Crippen molar-refractivity contribution in [1.82, 2.24) is 10.5 Å². The number of nitrogens with zero attached hydrogens (tertiary/aromatic N) is 3. The molecule has 0 saturated heterocycles. The molecule has 62 valence electrons. The number of hydrogen-bond donors (Lipinski definition) is 1. The zero-order valence-electron chi connectivity index (χ0n) is 6.82. The van der Waals surface area contributed by atoms with Gasteiger partial charge in [-0.15, -0.1) is 5.11 Å². The molecule has 1 aliphatic rings. The summed E-state index contributed by atoms with van der Waals surface area (Å²) < 4.78 is 0. The highest BCUT2D eigenvalue weighted by molar-refractivity contribution is 4.78. The van der Waals surface area contributed by atoms with E-state index < -0.39 is 0 Å². The molecule has 0 aromatic rings. The van der Waals surface area contributed by atoms with E-state index in [4.69, 9.17) is 0 Å². The molecule has 0 radical (unpaired) electrons. The van der Waals surface area contributed by atoms with Crippen LogP contribution in [0.5, 0.6) is 0 Å². The Morgan fingerprint density at radius 2 is 2.36 bits per heavy atom. The zero-order chi connectivity index (χ0) is 7.94. The molecule has 0 bridgehead atoms. The standard InChI is InChI=1S/C7H14N4/c1-2-3-4-6-11-7-5-8-9-10-11/h5,7H,2-4,6H2,1H3,(H,8,10). The largest absolute Gasteiger partial charge is 0.276 e. The zero-order valence-corrected chi connectivity index (χ0v) is 6.82. The molecule has 4 heteroatoms. The minimum atomic E-state index is 1.00. The minimum Gasteiger partial charge on any atom is -0.276 e. The smallest absolute Gasteiger partial charge is 0.0692 e. The van der Waals surface area contributed by atoms with Crippen LogP contribution in [0.25, 0.3) is 0 Å². The highest BCUT2D eigenvalue weighted by Gasteiger charge is 1.97. The third-order valence-corrected chi connectivity index (χ3v) is 1.55. The fourth-order valence-electron chi connectivity index (χ4n) is 0.917. The number of rotatable bonds is 4. The summed E-state index contributed by atoms with van der Waals surface area (Å²) >= 11 is 0. The van der Waals surface area contributed by atoms with E-state index in [-0.39, 0.29) is 0 Å². The van der Waals surface area contributed by atoms with E-state index in [1.54, 1.807) is 6.20 Å². The van der Waals surface area contributed by atoms with Gasteiger partial charge in [0.1, 0.15) is 0 Å². The predicted octanol–water partition coefficient (Wildman–Crippen LogP) is 1.84. The van der Waals surface area contributed by atoms with Gasteiger partial charge >= 0.3 is 0 Å². The van der Waals surface area contributed by atoms with E-state index in [1.165, 1.54) is 19.3 Å². The Bertz CT molecular complexity index is 153. The van der Waals surface area contributed by atoms with Gasteiger partial charge in [-0.05, 0) is 6.42 Å². The van der Waals surface area contributed by atoms with Crippen molar-refractivity contribution >= 4 is 0 Å². The second kappa shape index (κ2) is 4.71. The van der Waals surface area contributed by atoms with Gasteiger partial charge in [0, 0.05) is 12.7 Å². The summed E-state index contributed by atoms with van der Waals surface area (Å²) in [5, 5.41) is 9.23. The Labute approximate surface area is 66.9 Å². The first-order valence-corrected chi connectivity index (χ1v) is 4.02. The third kappa shape index (κ3) is 3.02. The lowest BCUT2D eigenvalue weighted by atomic mass is 10.2. The van der Waals surface area contributed by atoms with Crippen molar-refractivity contribution in [3.05, 3.63) is 12.4 Å². The molecule has 0 atom stereocenters. The van der Waals surface area contributed by atoms with Crippen molar-refractivity contribution in [2.75, 3.05) is 6.54 Å². The van der Waals surface area contributed by atoms with Crippen LogP contribution in [0.3, 0.4) is 0 Å². The highest BCUT2D eigenvalue weighted by atomic mass is 15.7. The summed E-state index contributed by atoms with van der Waals surface area (Å²) in [4.78, 5) is 0. The summed E-state index contributed by atoms with van der Waals surface area (Å²) in [7, 11) is 0. The van der Waals surface area contributed by atoms with Crippen LogP contribution in [0, 0.1) is 0 Å². The van der Waals surface area contributed by atoms with Crippen LogP contribution < -0.4 is 5.53 Å². The Kier molecular flexibility index (Phi) is 3.44. The van der Waals surface area contributed by atoms with Crippen LogP contribution in [0.2, 0.25) is 0 Å². The molecular formula is C7H14N4. The molecule has 0 aromatic heterocycles. The van der Waals surface area contributed by atoms with Gasteiger partial charge in [0.2, 0.25) is 0 Å². The average Bonchev–Trinajstić information content (AvgIpc) is 2.07. The second-order valence-corrected chi connectivity index (χ2v) is 2.51. The second-order valence-electron chi connectivity index (χ2n) is 2.51. The normalized spacial score (nSPS) is 15.2. The Hall–Kier alpha value is -1.06. The molecule has 0 saturated carbocycles. The van der Waals surface area contributed by atoms with Crippen molar-refractivity contribution in [2.45, 2.75) is 26.2 Å². The van der Waals surface area contributed by atoms with E-state index in [1.807, 2.05) is 11.2 Å². The van der Waals surface area contributed by atoms with E-state index >= 15 is 0 Å². The lowest BCUT2D eigenvalue weighted by Crippen LogP contribution is -2.30. The fraction of sp³-hybridized carbons (Fsp3) is 0.714. The van der Waals surface area contributed by atoms with E-state index in [0.29, 0.717) is 0 Å². The number of hydrazine groups is 1. The maximum Gasteiger partial charge on any atom is 0.0692 e. The predicted molar refractivity (Wildman–Crippen MR) is 43.4 cm³/mol. The van der Waals surface area contributed by atoms with Crippen LogP contribution in [-0.2, 0) is 0 Å². The molecular weight excluding hydrogens is 140 g/mol. The van der Waals surface area contributed by atoms with Gasteiger partial charge in [-0.3, -0.25) is 5.01 Å². The van der Waals surface area contributed by atoms with Crippen LogP contribution in [0.4, 0.5) is 0 Å². The van der Waals surface area contributed by atoms with Crippen molar-refractivity contribution in [2.24, 2.45) is 10.3 Å². The maximum absolute atomic E-state index is 3.65. The molecule has 4 nitrogen and oxygen atoms in total. The average molecular weight is 154 g/mol. The van der Waals surface area contributed by atoms with Gasteiger partial charge in [0.25, 0.3) is 0 Å². The summed E-state index contributed by atoms with van der Waals surface area (Å²) in [5.74, 6) is 0. The van der Waals surface area contributed by atoms with Gasteiger partial charge in [-0.25, -0.2) is 0 Å². The number of nitrogens with one attached hydrogen (secondary N) is 1. The monoisotopic (exact) mass is 154 g/mol. The molecule has 0 aliphatic carbocycles. The maximum atomic E-state index is 3.65. The lowest BCUT2D eigenvalue weighted by molar-refractivity contribution is 0.253. The third-order valence-electron chi connectivity index (χ3n) is 1.55. The Morgan fingerprint density at radius 3 is 3.00 bits per heavy atom. The van der Waals surface area contributed by atoms with Gasteiger partial charge in [-0.2, -0.15) is 5.53 Å². The first kappa shape index (κ1) is 8.04. The van der Waals surface area contributed by atoms with Crippen LogP contribution in [0.15, 0.2) is 22.7 Å². The number of unbranched alkanes of at least 4 members (excludes halogenated alkanes) is 2. The van der Waals surface area contributed by atoms with E-state index in [0.717, 1.165) is 6.54 Å². The number of hydrogen-bond acceptors (Lipinski definition) is 4. The lowest BCUT2D eigenvalue weighted by Gasteiger charge is -2.19. The fourth-order valence-corrected chi connectivity index (χ4v) is 0.917. The van der Waals surface area contributed by atoms with Gasteiger partial charge in [0.15, 0.2) is 0 Å². The topological polar surface area (TPSA) is 40.0 Å². The van der Waals surface area contributed by atoms with Crippen molar-refractivity contribution in [3.63, 3.8) is 0 Å². The molecule has 0 amide bonds. The first-order chi connectivity index (χ1) is 5.43. The van der Waals surface area contributed by atoms with Gasteiger partial charge < -0.3 is 0 Å². The van der Waals surface area contributed by atoms with Crippen LogP contribution in [0.1, 0.15) is 26.2 Å². The molecule has 1 heterocycles. The summed E-state index contributed by atoms with van der Waals surface area (Å²) in [6.07, 6.45) is 7.29. The summed E-state index contributed by atoms with van der Waals surface area (Å²) in [6, 6.07) is 0. The quantitative estimate of drug-likeness (QED) is 0.627. The molecule has 0 spiro atoms. The highest BCUT2D eigenvalue weighted by Crippen LogP contribution is 1.99. The molecule has 0 unspecified atom stereocenters. The summed E-state index contributed by atoms with van der Waals surface area (Å²) in [6.45, 7) is 3.20. The molecule has 1 rings (SSSR count). The van der Waals surface area contributed by atoms with E-state index in [9.17, 15) is 0 Å². The minimum absolute atomic E-state index is 1.00. The van der Waals surface area contributed by atoms with Crippen molar-refractivity contribution in [3.8, 4) is 0 Å². The van der Waals surface area contributed by atoms with Crippen LogP contribution >= 0.6 is 0 Å². The Balaban J connectivity index is 2.07. The van der Waals surface area contributed by atoms with Crippen LogP contribution in [-0.4, -0.2) is 11.6 Å². The first-order valence-electron chi connectivity index (χ1n) is 4.02. The molecule has 0 aromatic carbocycles. The summed E-state index contributed by atoms with van der Waals surface area (Å²) in [5.41, 5.74) is 2.78. The van der Waals surface area contributed by atoms with E-state index in [2.05, 4.69) is 22.8 Å². The van der Waals surface area contributed by atoms with Gasteiger partial charge in [0.05, 0.1) is 6.20 Å². The van der Waals surface area contributed by atoms with Gasteiger partial charge in [-0.1, -0.05) is 25.0 Å². The SMILES string of the molecule is CCCCCN1C=CN=NN1. The molecule has 11 heavy (non-hydrogen) atoms. The van der Waals surface area contributed by atoms with Crippen molar-refractivity contribution in [1.29, 1.82) is 0 Å². The van der Waals surface area contributed by atoms with Crippen molar-refractivity contribution < 1.29 is 0 Å². The molecule has 0 fully saturated rings. The molecule has 1 N–H and O–H groups in total.